The van der Waals surface area contributed by atoms with Crippen LogP contribution in [-0.4, -0.2) is 50.3 Å². The summed E-state index contributed by atoms with van der Waals surface area (Å²) in [6.07, 6.45) is 9.68. The first-order valence-electron chi connectivity index (χ1n) is 9.87. The molecule has 0 bridgehead atoms. The van der Waals surface area contributed by atoms with Gasteiger partial charge < -0.3 is 14.1 Å². The number of amides is 1. The van der Waals surface area contributed by atoms with E-state index in [4.69, 9.17) is 19.4 Å². The highest BCUT2D eigenvalue weighted by Gasteiger charge is 2.26. The van der Waals surface area contributed by atoms with Crippen molar-refractivity contribution in [3.8, 4) is 17.3 Å². The van der Waals surface area contributed by atoms with Crippen molar-refractivity contribution < 1.29 is 13.9 Å². The van der Waals surface area contributed by atoms with E-state index in [1.54, 1.807) is 23.4 Å². The van der Waals surface area contributed by atoms with Crippen molar-refractivity contribution in [2.75, 3.05) is 19.3 Å². The zero-order chi connectivity index (χ0) is 22.2. The third-order valence-electron chi connectivity index (χ3n) is 4.79. The van der Waals surface area contributed by atoms with Gasteiger partial charge in [-0.15, -0.1) is 11.8 Å². The van der Waals surface area contributed by atoms with Gasteiger partial charge in [0, 0.05) is 24.4 Å². The first-order valence-corrected chi connectivity index (χ1v) is 11.1. The van der Waals surface area contributed by atoms with E-state index in [0.29, 0.717) is 13.1 Å². The highest BCUT2D eigenvalue weighted by molar-refractivity contribution is 7.98. The summed E-state index contributed by atoms with van der Waals surface area (Å²) in [6, 6.07) is 3.69. The van der Waals surface area contributed by atoms with E-state index in [1.807, 2.05) is 43.7 Å². The van der Waals surface area contributed by atoms with Gasteiger partial charge in [-0.3, -0.25) is 4.40 Å². The van der Waals surface area contributed by atoms with E-state index in [-0.39, 0.29) is 11.9 Å². The highest BCUT2D eigenvalue weighted by Crippen LogP contribution is 2.30. The molecule has 160 valence electrons. The van der Waals surface area contributed by atoms with E-state index in [9.17, 15) is 4.79 Å². The molecule has 1 aliphatic rings. The van der Waals surface area contributed by atoms with Gasteiger partial charge in [-0.2, -0.15) is 5.26 Å². The zero-order valence-corrected chi connectivity index (χ0v) is 18.7. The lowest BCUT2D eigenvalue weighted by Crippen LogP contribution is -2.39. The summed E-state index contributed by atoms with van der Waals surface area (Å²) in [5.41, 5.74) is 3.49. The summed E-state index contributed by atoms with van der Waals surface area (Å²) in [7, 11) is 0. The molecule has 0 radical (unpaired) electrons. The Morgan fingerprint density at radius 2 is 2.19 bits per heavy atom. The van der Waals surface area contributed by atoms with Crippen molar-refractivity contribution in [1.82, 2.24) is 19.3 Å². The van der Waals surface area contributed by atoms with E-state index < -0.39 is 5.60 Å². The number of nitrogens with zero attached hydrogens (tertiary/aromatic N) is 5. The van der Waals surface area contributed by atoms with Gasteiger partial charge in [0.15, 0.2) is 5.65 Å². The van der Waals surface area contributed by atoms with Crippen molar-refractivity contribution in [1.29, 1.82) is 5.26 Å². The number of fused-ring (bicyclic) bond motifs is 1. The molecule has 0 N–H and O–H groups in total. The summed E-state index contributed by atoms with van der Waals surface area (Å²) < 4.78 is 12.8. The van der Waals surface area contributed by atoms with E-state index in [0.717, 1.165) is 39.6 Å². The fourth-order valence-corrected chi connectivity index (χ4v) is 3.93. The smallest absolute Gasteiger partial charge is 0.410 e. The molecule has 9 heteroatoms. The lowest BCUT2D eigenvalue weighted by molar-refractivity contribution is 0.0273. The van der Waals surface area contributed by atoms with Crippen molar-refractivity contribution in [2.24, 2.45) is 0 Å². The number of rotatable bonds is 3. The van der Waals surface area contributed by atoms with Gasteiger partial charge in [-0.25, -0.2) is 14.8 Å². The Hall–Kier alpha value is -3.25. The summed E-state index contributed by atoms with van der Waals surface area (Å²) in [5, 5.41) is 9.85. The minimum Gasteiger partial charge on any atom is -0.453 e. The van der Waals surface area contributed by atoms with Crippen molar-refractivity contribution in [3.63, 3.8) is 0 Å². The fraction of sp³-hybridized carbons (Fsp3) is 0.364. The van der Waals surface area contributed by atoms with Crippen LogP contribution in [0.2, 0.25) is 0 Å². The maximum atomic E-state index is 12.6. The number of hydrogen-bond acceptors (Lipinski definition) is 7. The number of aromatic nitrogens is 3. The number of hydrogen-bond donors (Lipinski definition) is 0. The standard InChI is InChI=1S/C22H23N5O3S/c1-22(2,3)30-21(28)26-7-5-6-14(11-26)17-12-27-18(15-8-16(9-23)29-13-15)10-24-19(27)20(25-17)31-4/h6,8,10,12-13H,5,7,11H2,1-4H3. The number of carbonyl (C=O) groups is 1. The SMILES string of the molecule is CSc1nc(C2=CCCN(C(=O)OC(C)(C)C)C2)cn2c(-c3coc(C#N)c3)cnc12. The fourth-order valence-electron chi connectivity index (χ4n) is 3.41. The second-order valence-electron chi connectivity index (χ2n) is 8.20. The molecule has 3 aromatic heterocycles. The summed E-state index contributed by atoms with van der Waals surface area (Å²) in [6.45, 7) is 6.62. The lowest BCUT2D eigenvalue weighted by atomic mass is 10.1. The molecular weight excluding hydrogens is 414 g/mol. The molecule has 0 aliphatic carbocycles. The molecule has 31 heavy (non-hydrogen) atoms. The molecule has 0 saturated heterocycles. The minimum absolute atomic E-state index is 0.243. The molecule has 1 aliphatic heterocycles. The molecular formula is C22H23N5O3S. The third kappa shape index (κ3) is 4.30. The molecule has 0 unspecified atom stereocenters. The van der Waals surface area contributed by atoms with Crippen LogP contribution in [-0.2, 0) is 4.74 Å². The Balaban J connectivity index is 1.71. The monoisotopic (exact) mass is 437 g/mol. The molecule has 3 aromatic rings. The highest BCUT2D eigenvalue weighted by atomic mass is 32.2. The summed E-state index contributed by atoms with van der Waals surface area (Å²) in [4.78, 5) is 23.6. The minimum atomic E-state index is -0.541. The second-order valence-corrected chi connectivity index (χ2v) is 9.00. The van der Waals surface area contributed by atoms with E-state index in [1.165, 1.54) is 11.8 Å². The Bertz CT molecular complexity index is 1210. The molecule has 4 rings (SSSR count). The second kappa shape index (κ2) is 8.12. The van der Waals surface area contributed by atoms with Crippen LogP contribution in [0.4, 0.5) is 4.79 Å². The van der Waals surface area contributed by atoms with Crippen LogP contribution in [0.1, 0.15) is 38.6 Å². The Morgan fingerprint density at radius 3 is 2.87 bits per heavy atom. The lowest BCUT2D eigenvalue weighted by Gasteiger charge is -2.30. The van der Waals surface area contributed by atoms with Crippen LogP contribution in [0.5, 0.6) is 0 Å². The Morgan fingerprint density at radius 1 is 1.39 bits per heavy atom. The number of furan rings is 1. The Kier molecular flexibility index (Phi) is 5.50. The zero-order valence-electron chi connectivity index (χ0n) is 17.9. The Labute approximate surface area is 184 Å². The predicted molar refractivity (Wildman–Crippen MR) is 118 cm³/mol. The molecule has 0 atom stereocenters. The molecule has 0 spiro atoms. The van der Waals surface area contributed by atoms with Crippen molar-refractivity contribution in [3.05, 3.63) is 42.3 Å². The number of carbonyl (C=O) groups excluding carboxylic acids is 1. The molecule has 1 amide bonds. The molecule has 8 nitrogen and oxygen atoms in total. The molecule has 0 saturated carbocycles. The number of nitriles is 1. The first kappa shape index (κ1) is 21.0. The maximum absolute atomic E-state index is 12.6. The van der Waals surface area contributed by atoms with Crippen molar-refractivity contribution in [2.45, 2.75) is 37.8 Å². The first-order chi connectivity index (χ1) is 14.8. The molecule has 4 heterocycles. The van der Waals surface area contributed by atoms with Gasteiger partial charge in [0.2, 0.25) is 5.76 Å². The van der Waals surface area contributed by atoms with Gasteiger partial charge in [0.1, 0.15) is 23.0 Å². The topological polar surface area (TPSA) is 96.7 Å². The van der Waals surface area contributed by atoms with Crippen LogP contribution in [0.25, 0.3) is 22.5 Å². The number of imidazole rings is 1. The van der Waals surface area contributed by atoms with Gasteiger partial charge >= 0.3 is 6.09 Å². The normalized spacial score (nSPS) is 14.4. The number of thioether (sulfide) groups is 1. The van der Waals surface area contributed by atoms with Crippen LogP contribution < -0.4 is 0 Å². The van der Waals surface area contributed by atoms with Gasteiger partial charge in [0.05, 0.1) is 24.1 Å². The van der Waals surface area contributed by atoms with Crippen LogP contribution >= 0.6 is 11.8 Å². The van der Waals surface area contributed by atoms with Gasteiger partial charge in [0.25, 0.3) is 0 Å². The average molecular weight is 438 g/mol. The van der Waals surface area contributed by atoms with E-state index >= 15 is 0 Å². The molecule has 0 fully saturated rings. The predicted octanol–water partition coefficient (Wildman–Crippen LogP) is 4.61. The average Bonchev–Trinajstić information content (AvgIpc) is 3.38. The summed E-state index contributed by atoms with van der Waals surface area (Å²) in [5.74, 6) is 0.243. The van der Waals surface area contributed by atoms with Crippen LogP contribution in [0, 0.1) is 11.3 Å². The summed E-state index contributed by atoms with van der Waals surface area (Å²) >= 11 is 1.51. The van der Waals surface area contributed by atoms with Crippen LogP contribution in [0.15, 0.2) is 40.2 Å². The quantitative estimate of drug-likeness (QED) is 0.552. The molecule has 0 aromatic carbocycles. The van der Waals surface area contributed by atoms with Crippen molar-refractivity contribution >= 4 is 29.1 Å². The van der Waals surface area contributed by atoms with Gasteiger partial charge in [-0.1, -0.05) is 6.08 Å². The third-order valence-corrected chi connectivity index (χ3v) is 5.45. The largest absolute Gasteiger partial charge is 0.453 e. The maximum Gasteiger partial charge on any atom is 0.410 e. The van der Waals surface area contributed by atoms with E-state index in [2.05, 4.69) is 11.1 Å². The van der Waals surface area contributed by atoms with Gasteiger partial charge in [-0.05, 0) is 39.0 Å². The number of ether oxygens (including phenoxy) is 1. The van der Waals surface area contributed by atoms with Crippen LogP contribution in [0.3, 0.4) is 0 Å².